The van der Waals surface area contributed by atoms with Crippen LogP contribution in [0.1, 0.15) is 53.9 Å². The molecule has 3 nitrogen and oxygen atoms in total. The van der Waals surface area contributed by atoms with Crippen LogP contribution in [0.2, 0.25) is 0 Å². The van der Waals surface area contributed by atoms with E-state index in [0.717, 1.165) is 19.4 Å². The Hall–Kier alpha value is -0.570. The zero-order chi connectivity index (χ0) is 13.6. The highest BCUT2D eigenvalue weighted by Gasteiger charge is 2.26. The first-order valence-corrected chi connectivity index (χ1v) is 6.60. The van der Waals surface area contributed by atoms with E-state index in [9.17, 15) is 4.79 Å². The number of nitrogens with zero attached hydrogens (tertiary/aromatic N) is 1. The van der Waals surface area contributed by atoms with Crippen molar-refractivity contribution in [3.8, 4) is 0 Å². The molecule has 1 unspecified atom stereocenters. The van der Waals surface area contributed by atoms with Gasteiger partial charge in [0, 0.05) is 6.04 Å². The summed E-state index contributed by atoms with van der Waals surface area (Å²) in [6.07, 6.45) is 2.87. The van der Waals surface area contributed by atoms with Crippen molar-refractivity contribution in [3.05, 3.63) is 0 Å². The zero-order valence-corrected chi connectivity index (χ0v) is 12.3. The lowest BCUT2D eigenvalue weighted by molar-refractivity contribution is -0.147. The van der Waals surface area contributed by atoms with Gasteiger partial charge >= 0.3 is 5.97 Å². The summed E-state index contributed by atoms with van der Waals surface area (Å²) < 4.78 is 0. The van der Waals surface area contributed by atoms with Crippen LogP contribution in [-0.4, -0.2) is 35.6 Å². The molecule has 0 saturated carbocycles. The van der Waals surface area contributed by atoms with E-state index in [1.165, 1.54) is 6.42 Å². The Labute approximate surface area is 106 Å². The Balaban J connectivity index is 3.93. The minimum Gasteiger partial charge on any atom is -0.481 e. The van der Waals surface area contributed by atoms with Crippen molar-refractivity contribution in [2.75, 3.05) is 13.6 Å². The van der Waals surface area contributed by atoms with Crippen molar-refractivity contribution < 1.29 is 9.90 Å². The van der Waals surface area contributed by atoms with Crippen LogP contribution in [0.15, 0.2) is 0 Å². The Bertz CT molecular complexity index is 236. The fraction of sp³-hybridized carbons (Fsp3) is 0.929. The van der Waals surface area contributed by atoms with Gasteiger partial charge < -0.3 is 10.0 Å². The van der Waals surface area contributed by atoms with Crippen LogP contribution in [-0.2, 0) is 4.79 Å². The molecule has 0 aliphatic carbocycles. The van der Waals surface area contributed by atoms with Crippen molar-refractivity contribution in [2.24, 2.45) is 11.3 Å². The standard InChI is InChI=1S/C14H29NO2/c1-11(2)10-12(3)15(6)9-7-8-14(4,5)13(16)17/h11-12H,7-10H2,1-6H3,(H,16,17). The van der Waals surface area contributed by atoms with Crippen molar-refractivity contribution in [2.45, 2.75) is 59.9 Å². The van der Waals surface area contributed by atoms with Crippen LogP contribution in [0.5, 0.6) is 0 Å². The van der Waals surface area contributed by atoms with Crippen LogP contribution < -0.4 is 0 Å². The number of carboxylic acids is 1. The highest BCUT2D eigenvalue weighted by atomic mass is 16.4. The Morgan fingerprint density at radius 3 is 2.24 bits per heavy atom. The minimum absolute atomic E-state index is 0.572. The van der Waals surface area contributed by atoms with Gasteiger partial charge in [0.2, 0.25) is 0 Å². The Kier molecular flexibility index (Phi) is 6.76. The summed E-state index contributed by atoms with van der Waals surface area (Å²) in [7, 11) is 2.13. The van der Waals surface area contributed by atoms with E-state index in [0.29, 0.717) is 12.0 Å². The summed E-state index contributed by atoms with van der Waals surface area (Å²) in [5, 5.41) is 9.02. The average molecular weight is 243 g/mol. The molecule has 0 aliphatic rings. The highest BCUT2D eigenvalue weighted by molar-refractivity contribution is 5.73. The van der Waals surface area contributed by atoms with E-state index >= 15 is 0 Å². The van der Waals surface area contributed by atoms with Crippen molar-refractivity contribution in [1.29, 1.82) is 0 Å². The molecule has 0 radical (unpaired) electrons. The number of carbonyl (C=O) groups is 1. The second kappa shape index (κ2) is 7.00. The number of aliphatic carboxylic acids is 1. The van der Waals surface area contributed by atoms with Gasteiger partial charge in [0.15, 0.2) is 0 Å². The Morgan fingerprint density at radius 1 is 1.29 bits per heavy atom. The molecular formula is C14H29NO2. The maximum Gasteiger partial charge on any atom is 0.309 e. The van der Waals surface area contributed by atoms with Gasteiger partial charge in [-0.25, -0.2) is 0 Å². The van der Waals surface area contributed by atoms with E-state index in [2.05, 4.69) is 32.7 Å². The number of rotatable bonds is 8. The Morgan fingerprint density at radius 2 is 1.82 bits per heavy atom. The van der Waals surface area contributed by atoms with Crippen LogP contribution in [0.25, 0.3) is 0 Å². The van der Waals surface area contributed by atoms with Gasteiger partial charge in [0.05, 0.1) is 5.41 Å². The predicted octanol–water partition coefficient (Wildman–Crippen LogP) is 3.24. The molecule has 0 saturated heterocycles. The summed E-state index contributed by atoms with van der Waals surface area (Å²) in [6, 6.07) is 0.572. The molecular weight excluding hydrogens is 214 g/mol. The molecule has 0 aromatic heterocycles. The van der Waals surface area contributed by atoms with Crippen LogP contribution >= 0.6 is 0 Å². The average Bonchev–Trinajstić information content (AvgIpc) is 2.15. The normalized spacial score (nSPS) is 14.4. The van der Waals surface area contributed by atoms with Gasteiger partial charge in [-0.05, 0) is 59.5 Å². The molecule has 0 aromatic carbocycles. The summed E-state index contributed by atoms with van der Waals surface area (Å²) in [5.74, 6) is 0.0123. The molecule has 0 heterocycles. The van der Waals surface area contributed by atoms with Gasteiger partial charge in [-0.1, -0.05) is 13.8 Å². The van der Waals surface area contributed by atoms with E-state index in [-0.39, 0.29) is 0 Å². The predicted molar refractivity (Wildman–Crippen MR) is 72.2 cm³/mol. The monoisotopic (exact) mass is 243 g/mol. The van der Waals surface area contributed by atoms with Crippen LogP contribution in [0.4, 0.5) is 0 Å². The first kappa shape index (κ1) is 16.4. The molecule has 0 aliphatic heterocycles. The number of hydrogen-bond donors (Lipinski definition) is 1. The first-order chi connectivity index (χ1) is 7.66. The highest BCUT2D eigenvalue weighted by Crippen LogP contribution is 2.22. The lowest BCUT2D eigenvalue weighted by atomic mass is 9.88. The van der Waals surface area contributed by atoms with E-state index in [4.69, 9.17) is 5.11 Å². The summed E-state index contributed by atoms with van der Waals surface area (Å²) in [5.41, 5.74) is -0.595. The number of carboxylic acid groups (broad SMARTS) is 1. The van der Waals surface area contributed by atoms with Crippen LogP contribution in [0, 0.1) is 11.3 Å². The molecule has 3 heteroatoms. The topological polar surface area (TPSA) is 40.5 Å². The molecule has 0 aromatic rings. The molecule has 0 spiro atoms. The lowest BCUT2D eigenvalue weighted by Gasteiger charge is -2.27. The van der Waals surface area contributed by atoms with Crippen molar-refractivity contribution in [3.63, 3.8) is 0 Å². The molecule has 0 rings (SSSR count). The molecule has 0 fully saturated rings. The van der Waals surface area contributed by atoms with E-state index < -0.39 is 11.4 Å². The minimum atomic E-state index is -0.699. The van der Waals surface area contributed by atoms with Crippen LogP contribution in [0.3, 0.4) is 0 Å². The second-order valence-electron chi connectivity index (χ2n) is 6.25. The van der Waals surface area contributed by atoms with Gasteiger partial charge in [-0.2, -0.15) is 0 Å². The molecule has 0 bridgehead atoms. The third-order valence-corrected chi connectivity index (χ3v) is 3.46. The van der Waals surface area contributed by atoms with Gasteiger partial charge in [-0.15, -0.1) is 0 Å². The largest absolute Gasteiger partial charge is 0.481 e. The maximum absolute atomic E-state index is 11.0. The fourth-order valence-electron chi connectivity index (χ4n) is 1.96. The quantitative estimate of drug-likeness (QED) is 0.711. The van der Waals surface area contributed by atoms with Gasteiger partial charge in [-0.3, -0.25) is 4.79 Å². The van der Waals surface area contributed by atoms with Gasteiger partial charge in [0.1, 0.15) is 0 Å². The van der Waals surface area contributed by atoms with Crippen molar-refractivity contribution >= 4 is 5.97 Å². The maximum atomic E-state index is 11.0. The molecule has 1 atom stereocenters. The third-order valence-electron chi connectivity index (χ3n) is 3.46. The number of hydrogen-bond acceptors (Lipinski definition) is 2. The van der Waals surface area contributed by atoms with E-state index in [1.54, 1.807) is 13.8 Å². The summed E-state index contributed by atoms with van der Waals surface area (Å²) >= 11 is 0. The van der Waals surface area contributed by atoms with Gasteiger partial charge in [0.25, 0.3) is 0 Å². The molecule has 17 heavy (non-hydrogen) atoms. The van der Waals surface area contributed by atoms with Crippen molar-refractivity contribution in [1.82, 2.24) is 4.90 Å². The second-order valence-corrected chi connectivity index (χ2v) is 6.25. The lowest BCUT2D eigenvalue weighted by Crippen LogP contribution is -2.32. The molecule has 102 valence electrons. The molecule has 0 amide bonds. The summed E-state index contributed by atoms with van der Waals surface area (Å²) in [4.78, 5) is 13.3. The zero-order valence-electron chi connectivity index (χ0n) is 12.3. The smallest absolute Gasteiger partial charge is 0.309 e. The first-order valence-electron chi connectivity index (χ1n) is 6.60. The van der Waals surface area contributed by atoms with E-state index in [1.807, 2.05) is 0 Å². The SMILES string of the molecule is CC(C)CC(C)N(C)CCCC(C)(C)C(=O)O. The fourth-order valence-corrected chi connectivity index (χ4v) is 1.96. The third kappa shape index (κ3) is 6.67. The molecule has 1 N–H and O–H groups in total. The summed E-state index contributed by atoms with van der Waals surface area (Å²) in [6.45, 7) is 11.3.